The fraction of sp³-hybridized carbons (Fsp3) is 0.636. The van der Waals surface area contributed by atoms with Crippen LogP contribution in [0.3, 0.4) is 0 Å². The van der Waals surface area contributed by atoms with Crippen molar-refractivity contribution in [1.82, 2.24) is 5.32 Å². The van der Waals surface area contributed by atoms with Crippen LogP contribution in [-0.4, -0.2) is 6.54 Å². The Morgan fingerprint density at radius 2 is 1.42 bits per heavy atom. The Morgan fingerprint density at radius 3 is 1.96 bits per heavy atom. The molecule has 0 aliphatic rings. The van der Waals surface area contributed by atoms with E-state index in [9.17, 15) is 0 Å². The molecule has 1 aromatic rings. The monoisotopic (exact) mass is 351 g/mol. The van der Waals surface area contributed by atoms with Gasteiger partial charge in [-0.2, -0.15) is 0 Å². The van der Waals surface area contributed by atoms with Crippen molar-refractivity contribution in [2.45, 2.75) is 83.6 Å². The van der Waals surface area contributed by atoms with E-state index in [4.69, 9.17) is 0 Å². The van der Waals surface area contributed by atoms with Gasteiger partial charge in [0.25, 0.3) is 0 Å². The van der Waals surface area contributed by atoms with Crippen LogP contribution in [0.25, 0.3) is 0 Å². The fourth-order valence-electron chi connectivity index (χ4n) is 3.08. The minimum Gasteiger partial charge on any atom is -0.310 e. The second-order valence-electron chi connectivity index (χ2n) is 6.62. The highest BCUT2D eigenvalue weighted by molar-refractivity contribution is 5.85. The second-order valence-corrected chi connectivity index (χ2v) is 6.62. The number of unbranched alkanes of at least 4 members (excludes halogenated alkanes) is 9. The summed E-state index contributed by atoms with van der Waals surface area (Å²) in [5, 5.41) is 3.69. The topological polar surface area (TPSA) is 12.0 Å². The molecule has 1 unspecified atom stereocenters. The standard InChI is InChI=1S/C22H37N.ClH/c1-3-5-6-7-8-9-10-11-12-16-20-23-22(17-4-2)21-18-14-13-15-19-21;/h4,13-15,18-19,22-23H,2-3,5-12,16-17,20H2,1H3;1H. The van der Waals surface area contributed by atoms with Gasteiger partial charge in [0.1, 0.15) is 0 Å². The molecule has 0 fully saturated rings. The van der Waals surface area contributed by atoms with Gasteiger partial charge in [-0.15, -0.1) is 19.0 Å². The number of rotatable bonds is 15. The van der Waals surface area contributed by atoms with E-state index < -0.39 is 0 Å². The Hall–Kier alpha value is -0.790. The molecule has 1 rings (SSSR count). The SMILES string of the molecule is C=CCC(NCCCCCCCCCCCC)c1ccccc1.Cl. The Labute approximate surface area is 156 Å². The van der Waals surface area contributed by atoms with Crippen LogP contribution in [0.1, 0.15) is 89.2 Å². The molecule has 0 spiro atoms. The smallest absolute Gasteiger partial charge is 0.0354 e. The van der Waals surface area contributed by atoms with Crippen LogP contribution in [0.5, 0.6) is 0 Å². The molecule has 1 aromatic carbocycles. The summed E-state index contributed by atoms with van der Waals surface area (Å²) in [5.74, 6) is 0. The van der Waals surface area contributed by atoms with Gasteiger partial charge in [0.05, 0.1) is 0 Å². The van der Waals surface area contributed by atoms with E-state index in [0.29, 0.717) is 6.04 Å². The summed E-state index contributed by atoms with van der Waals surface area (Å²) in [5.41, 5.74) is 1.37. The van der Waals surface area contributed by atoms with Crippen molar-refractivity contribution < 1.29 is 0 Å². The van der Waals surface area contributed by atoms with E-state index >= 15 is 0 Å². The quantitative estimate of drug-likeness (QED) is 0.259. The third kappa shape index (κ3) is 11.7. The molecule has 0 radical (unpaired) electrons. The summed E-state index contributed by atoms with van der Waals surface area (Å²) in [7, 11) is 0. The van der Waals surface area contributed by atoms with Crippen molar-refractivity contribution >= 4 is 12.4 Å². The maximum atomic E-state index is 3.89. The number of nitrogens with one attached hydrogen (secondary N) is 1. The van der Waals surface area contributed by atoms with Crippen molar-refractivity contribution in [2.24, 2.45) is 0 Å². The van der Waals surface area contributed by atoms with E-state index in [0.717, 1.165) is 13.0 Å². The maximum absolute atomic E-state index is 3.89. The lowest BCUT2D eigenvalue weighted by Gasteiger charge is -2.17. The molecule has 0 saturated carbocycles. The first-order valence-corrected chi connectivity index (χ1v) is 9.77. The molecule has 1 nitrogen and oxygen atoms in total. The summed E-state index contributed by atoms with van der Waals surface area (Å²) >= 11 is 0. The first-order chi connectivity index (χ1) is 11.4. The Bertz CT molecular complexity index is 377. The lowest BCUT2D eigenvalue weighted by Crippen LogP contribution is -2.22. The summed E-state index contributed by atoms with van der Waals surface area (Å²) in [6.07, 6.45) is 17.0. The minimum atomic E-state index is 0. The van der Waals surface area contributed by atoms with Crippen LogP contribution in [0.4, 0.5) is 0 Å². The van der Waals surface area contributed by atoms with Crippen molar-refractivity contribution in [1.29, 1.82) is 0 Å². The second kappa shape index (κ2) is 17.0. The number of halogens is 1. The molecular formula is C22H38ClN. The van der Waals surface area contributed by atoms with Gasteiger partial charge in [-0.25, -0.2) is 0 Å². The molecule has 0 heterocycles. The fourth-order valence-corrected chi connectivity index (χ4v) is 3.08. The molecule has 0 bridgehead atoms. The van der Waals surface area contributed by atoms with Crippen molar-refractivity contribution in [3.8, 4) is 0 Å². The first kappa shape index (κ1) is 23.2. The Balaban J connectivity index is 0.00000529. The molecule has 0 saturated heterocycles. The van der Waals surface area contributed by atoms with Gasteiger partial charge in [-0.3, -0.25) is 0 Å². The summed E-state index contributed by atoms with van der Waals surface area (Å²) in [6, 6.07) is 11.2. The third-order valence-electron chi connectivity index (χ3n) is 4.53. The van der Waals surface area contributed by atoms with Crippen LogP contribution in [-0.2, 0) is 0 Å². The van der Waals surface area contributed by atoms with Crippen molar-refractivity contribution in [3.63, 3.8) is 0 Å². The number of hydrogen-bond acceptors (Lipinski definition) is 1. The molecule has 138 valence electrons. The zero-order valence-electron chi connectivity index (χ0n) is 15.6. The molecule has 0 aliphatic carbocycles. The van der Waals surface area contributed by atoms with Crippen molar-refractivity contribution in [3.05, 3.63) is 48.6 Å². The molecule has 24 heavy (non-hydrogen) atoms. The lowest BCUT2D eigenvalue weighted by atomic mass is 10.0. The predicted octanol–water partition coefficient (Wildman–Crippen LogP) is 7.24. The summed E-state index contributed by atoms with van der Waals surface area (Å²) < 4.78 is 0. The first-order valence-electron chi connectivity index (χ1n) is 9.77. The zero-order chi connectivity index (χ0) is 16.6. The molecule has 1 atom stereocenters. The zero-order valence-corrected chi connectivity index (χ0v) is 16.5. The minimum absolute atomic E-state index is 0. The van der Waals surface area contributed by atoms with E-state index in [1.165, 1.54) is 69.8 Å². The van der Waals surface area contributed by atoms with Gasteiger partial charge in [0.2, 0.25) is 0 Å². The van der Waals surface area contributed by atoms with E-state index in [2.05, 4.69) is 49.2 Å². The molecule has 2 heteroatoms. The number of hydrogen-bond donors (Lipinski definition) is 1. The molecule has 1 N–H and O–H groups in total. The Morgan fingerprint density at radius 1 is 0.875 bits per heavy atom. The van der Waals surface area contributed by atoms with Crippen LogP contribution < -0.4 is 5.32 Å². The van der Waals surface area contributed by atoms with Crippen molar-refractivity contribution in [2.75, 3.05) is 6.54 Å². The highest BCUT2D eigenvalue weighted by Gasteiger charge is 2.07. The van der Waals surface area contributed by atoms with Gasteiger partial charge in [-0.1, -0.05) is 101 Å². The molecular weight excluding hydrogens is 314 g/mol. The predicted molar refractivity (Wildman–Crippen MR) is 111 cm³/mol. The number of benzene rings is 1. The van der Waals surface area contributed by atoms with Gasteiger partial charge < -0.3 is 5.32 Å². The van der Waals surface area contributed by atoms with Crippen LogP contribution in [0.15, 0.2) is 43.0 Å². The van der Waals surface area contributed by atoms with E-state index in [-0.39, 0.29) is 12.4 Å². The van der Waals surface area contributed by atoms with Crippen LogP contribution in [0.2, 0.25) is 0 Å². The van der Waals surface area contributed by atoms with Gasteiger partial charge in [0, 0.05) is 6.04 Å². The molecule has 0 aliphatic heterocycles. The Kier molecular flexibility index (Phi) is 16.5. The highest BCUT2D eigenvalue weighted by atomic mass is 35.5. The summed E-state index contributed by atoms with van der Waals surface area (Å²) in [6.45, 7) is 7.29. The average Bonchev–Trinajstić information content (AvgIpc) is 2.59. The molecule has 0 aromatic heterocycles. The van der Waals surface area contributed by atoms with E-state index in [1.807, 2.05) is 6.08 Å². The third-order valence-corrected chi connectivity index (χ3v) is 4.53. The largest absolute Gasteiger partial charge is 0.310 e. The normalized spacial score (nSPS) is 11.7. The van der Waals surface area contributed by atoms with Gasteiger partial charge in [-0.05, 0) is 24.9 Å². The molecule has 0 amide bonds. The lowest BCUT2D eigenvalue weighted by molar-refractivity contribution is 0.501. The highest BCUT2D eigenvalue weighted by Crippen LogP contribution is 2.17. The maximum Gasteiger partial charge on any atom is 0.0354 e. The van der Waals surface area contributed by atoms with Crippen LogP contribution >= 0.6 is 12.4 Å². The summed E-state index contributed by atoms with van der Waals surface area (Å²) in [4.78, 5) is 0. The van der Waals surface area contributed by atoms with Crippen LogP contribution in [0, 0.1) is 0 Å². The van der Waals surface area contributed by atoms with E-state index in [1.54, 1.807) is 0 Å². The van der Waals surface area contributed by atoms with Gasteiger partial charge in [0.15, 0.2) is 0 Å². The van der Waals surface area contributed by atoms with Gasteiger partial charge >= 0.3 is 0 Å². The average molecular weight is 352 g/mol.